The van der Waals surface area contributed by atoms with Gasteiger partial charge < -0.3 is 9.22 Å². The van der Waals surface area contributed by atoms with Gasteiger partial charge in [0.25, 0.3) is 0 Å². The Labute approximate surface area is 140 Å². The van der Waals surface area contributed by atoms with Crippen LogP contribution in [0, 0.1) is 0 Å². The summed E-state index contributed by atoms with van der Waals surface area (Å²) in [5.41, 5.74) is 3.81. The zero-order valence-corrected chi connectivity index (χ0v) is 14.5. The minimum Gasteiger partial charge on any atom is -0.480 e. The Bertz CT molecular complexity index is 834. The van der Waals surface area contributed by atoms with E-state index >= 15 is 0 Å². The van der Waals surface area contributed by atoms with Crippen molar-refractivity contribution in [1.29, 1.82) is 0 Å². The zero-order valence-electron chi connectivity index (χ0n) is 13.7. The minimum absolute atomic E-state index is 0.570. The molecule has 3 rings (SSSR count). The van der Waals surface area contributed by atoms with Gasteiger partial charge in [-0.05, 0) is 18.2 Å². The molecule has 0 bridgehead atoms. The third kappa shape index (κ3) is 3.30. The van der Waals surface area contributed by atoms with Crippen LogP contribution in [0.3, 0.4) is 0 Å². The molecule has 0 saturated heterocycles. The number of rotatable bonds is 4. The molecule has 0 aliphatic carbocycles. The largest absolute Gasteiger partial charge is 0.480 e. The van der Waals surface area contributed by atoms with Gasteiger partial charge in [0.2, 0.25) is 5.88 Å². The number of imidazole rings is 1. The van der Waals surface area contributed by atoms with Crippen LogP contribution in [0.1, 0.15) is 5.69 Å². The van der Waals surface area contributed by atoms with Crippen LogP contribution < -0.4 is 4.74 Å². The molecule has 23 heavy (non-hydrogen) atoms. The number of ether oxygens (including phenoxy) is 1. The van der Waals surface area contributed by atoms with E-state index in [4.69, 9.17) is 21.3 Å². The van der Waals surface area contributed by atoms with Crippen LogP contribution in [-0.4, -0.2) is 47.3 Å². The summed E-state index contributed by atoms with van der Waals surface area (Å²) in [6.07, 6.45) is 0. The van der Waals surface area contributed by atoms with E-state index in [-0.39, 0.29) is 0 Å². The molecule has 120 valence electrons. The summed E-state index contributed by atoms with van der Waals surface area (Å²) in [5, 5.41) is 5.25. The molecule has 0 unspecified atom stereocenters. The second kappa shape index (κ2) is 5.83. The van der Waals surface area contributed by atoms with Gasteiger partial charge in [0.05, 0.1) is 28.3 Å². The van der Waals surface area contributed by atoms with E-state index in [1.54, 1.807) is 7.11 Å². The van der Waals surface area contributed by atoms with E-state index in [0.717, 1.165) is 33.6 Å². The molecule has 0 spiro atoms. The number of hydrogen-bond donors (Lipinski definition) is 0. The average Bonchev–Trinajstić information content (AvgIpc) is 2.84. The molecule has 2 heterocycles. The highest BCUT2D eigenvalue weighted by atomic mass is 35.5. The lowest BCUT2D eigenvalue weighted by Gasteiger charge is -2.23. The monoisotopic (exact) mass is 331 g/mol. The molecule has 1 aromatic carbocycles. The quantitative estimate of drug-likeness (QED) is 0.689. The van der Waals surface area contributed by atoms with Crippen LogP contribution in [0.25, 0.3) is 16.9 Å². The summed E-state index contributed by atoms with van der Waals surface area (Å²) in [7, 11) is 8.05. The van der Waals surface area contributed by atoms with Crippen LogP contribution in [0.2, 0.25) is 5.02 Å². The molecule has 3 aromatic rings. The van der Waals surface area contributed by atoms with Crippen molar-refractivity contribution < 1.29 is 9.22 Å². The highest BCUT2D eigenvalue weighted by Crippen LogP contribution is 2.27. The second-order valence-corrected chi connectivity index (χ2v) is 6.94. The van der Waals surface area contributed by atoms with E-state index in [1.165, 1.54) is 0 Å². The Balaban J connectivity index is 2.23. The van der Waals surface area contributed by atoms with Crippen molar-refractivity contribution in [1.82, 2.24) is 14.6 Å². The van der Waals surface area contributed by atoms with Gasteiger partial charge in [-0.25, -0.2) is 9.50 Å². The highest BCUT2D eigenvalue weighted by Gasteiger charge is 2.21. The molecule has 5 nitrogen and oxygen atoms in total. The molecule has 0 fully saturated rings. The normalized spacial score (nSPS) is 11.9. The summed E-state index contributed by atoms with van der Waals surface area (Å²) >= 11 is 6.01. The number of fused-ring (bicyclic) bond motifs is 1. The Hall–Kier alpha value is -2.11. The summed E-state index contributed by atoms with van der Waals surface area (Å²) in [5.74, 6) is 0.570. The predicted molar refractivity (Wildman–Crippen MR) is 91.7 cm³/mol. The molecule has 0 atom stereocenters. The predicted octanol–water partition coefficient (Wildman–Crippen LogP) is 3.26. The van der Waals surface area contributed by atoms with E-state index in [1.807, 2.05) is 40.9 Å². The fourth-order valence-corrected chi connectivity index (χ4v) is 2.63. The van der Waals surface area contributed by atoms with E-state index in [0.29, 0.717) is 10.9 Å². The number of aromatic nitrogens is 3. The van der Waals surface area contributed by atoms with Gasteiger partial charge in [0.15, 0.2) is 5.65 Å². The molecule has 0 radical (unpaired) electrons. The van der Waals surface area contributed by atoms with Gasteiger partial charge in [-0.15, -0.1) is 5.10 Å². The minimum atomic E-state index is 0.570. The molecule has 0 aliphatic heterocycles. The third-order valence-corrected chi connectivity index (χ3v) is 3.75. The average molecular weight is 332 g/mol. The lowest BCUT2D eigenvalue weighted by molar-refractivity contribution is -0.884. The lowest BCUT2D eigenvalue weighted by Crippen LogP contribution is -2.34. The number of methoxy groups -OCH3 is 1. The fourth-order valence-electron chi connectivity index (χ4n) is 2.50. The first-order valence-electron chi connectivity index (χ1n) is 7.36. The van der Waals surface area contributed by atoms with Crippen LogP contribution in [-0.2, 0) is 6.54 Å². The summed E-state index contributed by atoms with van der Waals surface area (Å²) in [6, 6.07) is 11.5. The molecular formula is C17H20ClN4O+. The van der Waals surface area contributed by atoms with E-state index in [9.17, 15) is 0 Å². The molecule has 0 amide bonds. The van der Waals surface area contributed by atoms with E-state index < -0.39 is 0 Å². The number of nitrogens with zero attached hydrogens (tertiary/aromatic N) is 4. The van der Waals surface area contributed by atoms with Gasteiger partial charge >= 0.3 is 0 Å². The number of hydrogen-bond acceptors (Lipinski definition) is 3. The Morgan fingerprint density at radius 3 is 2.39 bits per heavy atom. The van der Waals surface area contributed by atoms with Gasteiger partial charge in [0, 0.05) is 16.7 Å². The van der Waals surface area contributed by atoms with Gasteiger partial charge in [-0.3, -0.25) is 0 Å². The molecular weight excluding hydrogens is 312 g/mol. The van der Waals surface area contributed by atoms with Crippen molar-refractivity contribution in [3.63, 3.8) is 0 Å². The van der Waals surface area contributed by atoms with Gasteiger partial charge in [-0.2, -0.15) is 0 Å². The molecule has 2 aromatic heterocycles. The fraction of sp³-hybridized carbons (Fsp3) is 0.294. The van der Waals surface area contributed by atoms with Crippen molar-refractivity contribution >= 4 is 17.2 Å². The second-order valence-electron chi connectivity index (χ2n) is 6.51. The first-order valence-corrected chi connectivity index (χ1v) is 7.74. The van der Waals surface area contributed by atoms with Crippen molar-refractivity contribution in [3.05, 3.63) is 47.1 Å². The van der Waals surface area contributed by atoms with Gasteiger partial charge in [-0.1, -0.05) is 23.7 Å². The summed E-state index contributed by atoms with van der Waals surface area (Å²) in [4.78, 5) is 4.76. The van der Waals surface area contributed by atoms with Crippen molar-refractivity contribution in [3.8, 4) is 17.1 Å². The summed E-state index contributed by atoms with van der Waals surface area (Å²) in [6.45, 7) is 0.791. The Kier molecular flexibility index (Phi) is 4.00. The van der Waals surface area contributed by atoms with E-state index in [2.05, 4.69) is 26.2 Å². The van der Waals surface area contributed by atoms with Crippen LogP contribution in [0.5, 0.6) is 5.88 Å². The Morgan fingerprint density at radius 1 is 1.09 bits per heavy atom. The first-order chi connectivity index (χ1) is 10.9. The Morgan fingerprint density at radius 2 is 1.78 bits per heavy atom. The van der Waals surface area contributed by atoms with Gasteiger partial charge in [0.1, 0.15) is 17.9 Å². The summed E-state index contributed by atoms with van der Waals surface area (Å²) < 4.78 is 7.89. The number of benzene rings is 1. The maximum absolute atomic E-state index is 6.01. The number of quaternary nitrogens is 1. The van der Waals surface area contributed by atoms with Crippen LogP contribution in [0.15, 0.2) is 36.4 Å². The molecule has 0 aliphatic rings. The molecule has 0 saturated carbocycles. The SMILES string of the molecule is COc1ccc2nc(-c3ccc(Cl)cc3)c(C[N+](C)(C)C)n2n1. The maximum Gasteiger partial charge on any atom is 0.231 e. The van der Waals surface area contributed by atoms with Crippen molar-refractivity contribution in [2.75, 3.05) is 28.3 Å². The molecule has 6 heteroatoms. The lowest BCUT2D eigenvalue weighted by atomic mass is 10.1. The van der Waals surface area contributed by atoms with Crippen molar-refractivity contribution in [2.45, 2.75) is 6.54 Å². The topological polar surface area (TPSA) is 39.4 Å². The first kappa shape index (κ1) is 15.8. The highest BCUT2D eigenvalue weighted by molar-refractivity contribution is 6.30. The van der Waals surface area contributed by atoms with Crippen molar-refractivity contribution in [2.24, 2.45) is 0 Å². The molecule has 0 N–H and O–H groups in total. The standard InChI is InChI=1S/C17H20ClN4O/c1-22(2,3)11-14-17(12-5-7-13(18)8-6-12)19-15-9-10-16(23-4)20-21(14)15/h5-10H,11H2,1-4H3/q+1. The van der Waals surface area contributed by atoms with Crippen LogP contribution in [0.4, 0.5) is 0 Å². The maximum atomic E-state index is 6.01. The smallest absolute Gasteiger partial charge is 0.231 e. The number of halogens is 1. The van der Waals surface area contributed by atoms with Crippen LogP contribution >= 0.6 is 11.6 Å². The third-order valence-electron chi connectivity index (χ3n) is 3.50. The zero-order chi connectivity index (χ0) is 16.6.